The van der Waals surface area contributed by atoms with Crippen LogP contribution in [0.4, 0.5) is 4.39 Å². The van der Waals surface area contributed by atoms with Gasteiger partial charge in [-0.15, -0.1) is 0 Å². The van der Waals surface area contributed by atoms with Crippen LogP contribution in [0, 0.1) is 17.1 Å². The second kappa shape index (κ2) is 6.87. The van der Waals surface area contributed by atoms with E-state index >= 15 is 0 Å². The summed E-state index contributed by atoms with van der Waals surface area (Å²) in [5, 5.41) is 11.1. The van der Waals surface area contributed by atoms with E-state index < -0.39 is 21.4 Å². The molecule has 158 valence electrons. The van der Waals surface area contributed by atoms with Crippen molar-refractivity contribution >= 4 is 32.0 Å². The Labute approximate surface area is 178 Å². The number of H-pyrrole nitrogens is 1. The number of sulfonamides is 1. The van der Waals surface area contributed by atoms with Crippen LogP contribution >= 0.6 is 0 Å². The zero-order chi connectivity index (χ0) is 21.8. The number of benzene rings is 1. The quantitative estimate of drug-likeness (QED) is 0.515. The van der Waals surface area contributed by atoms with E-state index in [4.69, 9.17) is 0 Å². The first kappa shape index (κ1) is 19.7. The molecule has 4 aromatic rings. The van der Waals surface area contributed by atoms with Gasteiger partial charge in [0, 0.05) is 41.8 Å². The van der Waals surface area contributed by atoms with Gasteiger partial charge in [-0.1, -0.05) is 0 Å². The molecular formula is C21H19FN6O2S. The second-order valence-corrected chi connectivity index (χ2v) is 10.0. The summed E-state index contributed by atoms with van der Waals surface area (Å²) >= 11 is 0. The molecule has 0 aliphatic carbocycles. The van der Waals surface area contributed by atoms with E-state index in [9.17, 15) is 18.1 Å². The van der Waals surface area contributed by atoms with Crippen LogP contribution in [0.3, 0.4) is 0 Å². The fourth-order valence-electron chi connectivity index (χ4n) is 4.35. The van der Waals surface area contributed by atoms with Crippen molar-refractivity contribution in [2.45, 2.75) is 18.9 Å². The third-order valence-electron chi connectivity index (χ3n) is 6.00. The number of nitrogens with zero attached hydrogens (tertiary/aromatic N) is 5. The smallest absolute Gasteiger partial charge is 0.213 e. The molecule has 31 heavy (non-hydrogen) atoms. The van der Waals surface area contributed by atoms with Gasteiger partial charge < -0.3 is 9.55 Å². The Kier molecular flexibility index (Phi) is 4.35. The van der Waals surface area contributed by atoms with Gasteiger partial charge >= 0.3 is 0 Å². The molecule has 0 atom stereocenters. The average Bonchev–Trinajstić information content (AvgIpc) is 3.35. The Hall–Kier alpha value is -3.29. The minimum atomic E-state index is -3.38. The molecule has 0 spiro atoms. The van der Waals surface area contributed by atoms with E-state index in [0.29, 0.717) is 16.9 Å². The monoisotopic (exact) mass is 438 g/mol. The van der Waals surface area contributed by atoms with E-state index in [2.05, 4.69) is 21.0 Å². The van der Waals surface area contributed by atoms with Gasteiger partial charge in [-0.3, -0.25) is 0 Å². The highest BCUT2D eigenvalue weighted by molar-refractivity contribution is 7.89. The van der Waals surface area contributed by atoms with Gasteiger partial charge in [0.05, 0.1) is 35.0 Å². The maximum absolute atomic E-state index is 14.2. The third-order valence-corrected chi connectivity index (χ3v) is 7.77. The fraction of sp³-hybridized carbons (Fsp3) is 0.286. The van der Waals surface area contributed by atoms with Gasteiger partial charge in [0.15, 0.2) is 0 Å². The van der Waals surface area contributed by atoms with Crippen LogP contribution in [-0.2, 0) is 15.6 Å². The van der Waals surface area contributed by atoms with Gasteiger partial charge in [-0.25, -0.2) is 22.8 Å². The molecule has 0 radical (unpaired) electrons. The molecule has 1 aliphatic heterocycles. The molecule has 0 bridgehead atoms. The number of rotatable bonds is 5. The maximum atomic E-state index is 14.2. The normalized spacial score (nSPS) is 16.4. The third kappa shape index (κ3) is 2.92. The number of aromatic amines is 1. The summed E-state index contributed by atoms with van der Waals surface area (Å²) in [6.07, 6.45) is 5.20. The number of hydrogen-bond donors (Lipinski definition) is 1. The molecule has 1 fully saturated rings. The molecule has 5 rings (SSSR count). The van der Waals surface area contributed by atoms with Crippen molar-refractivity contribution in [1.82, 2.24) is 23.8 Å². The number of halogens is 1. The van der Waals surface area contributed by atoms with E-state index in [1.54, 1.807) is 19.2 Å². The highest BCUT2D eigenvalue weighted by atomic mass is 32.2. The maximum Gasteiger partial charge on any atom is 0.213 e. The summed E-state index contributed by atoms with van der Waals surface area (Å²) in [5.41, 5.74) is 1.97. The Balaban J connectivity index is 1.72. The number of fused-ring (bicyclic) bond motifs is 2. The molecule has 0 unspecified atom stereocenters. The summed E-state index contributed by atoms with van der Waals surface area (Å²) < 4.78 is 42.1. The van der Waals surface area contributed by atoms with Gasteiger partial charge in [-0.2, -0.15) is 9.57 Å². The Morgan fingerprint density at radius 1 is 1.26 bits per heavy atom. The molecule has 8 nitrogen and oxygen atoms in total. The lowest BCUT2D eigenvalue weighted by Crippen LogP contribution is -2.64. The summed E-state index contributed by atoms with van der Waals surface area (Å²) in [4.78, 5) is 11.8. The molecule has 0 saturated carbocycles. The minimum Gasteiger partial charge on any atom is -0.346 e. The molecule has 3 aromatic heterocycles. The Bertz CT molecular complexity index is 1460. The molecule has 4 heterocycles. The summed E-state index contributed by atoms with van der Waals surface area (Å²) in [7, 11) is -3.38. The van der Waals surface area contributed by atoms with Crippen LogP contribution in [0.5, 0.6) is 0 Å². The van der Waals surface area contributed by atoms with Crippen molar-refractivity contribution in [2.24, 2.45) is 0 Å². The molecule has 0 amide bonds. The average molecular weight is 438 g/mol. The van der Waals surface area contributed by atoms with Crippen molar-refractivity contribution in [2.75, 3.05) is 18.8 Å². The largest absolute Gasteiger partial charge is 0.346 e. The van der Waals surface area contributed by atoms with Crippen LogP contribution in [0.2, 0.25) is 0 Å². The van der Waals surface area contributed by atoms with Crippen molar-refractivity contribution < 1.29 is 12.8 Å². The van der Waals surface area contributed by atoms with E-state index in [1.807, 2.05) is 16.8 Å². The topological polar surface area (TPSA) is 108 Å². The van der Waals surface area contributed by atoms with Gasteiger partial charge in [0.1, 0.15) is 17.8 Å². The van der Waals surface area contributed by atoms with Crippen LogP contribution in [0.15, 0.2) is 43.0 Å². The van der Waals surface area contributed by atoms with Crippen molar-refractivity contribution in [3.63, 3.8) is 0 Å². The van der Waals surface area contributed by atoms with Crippen LogP contribution < -0.4 is 0 Å². The SMILES string of the molecule is CCS(=O)(=O)N1CC(CC#N)(n2cc(-c3ncnc4[nH]ccc34)c3ccc(F)cc32)C1. The first-order valence-electron chi connectivity index (χ1n) is 9.83. The van der Waals surface area contributed by atoms with Crippen molar-refractivity contribution in [1.29, 1.82) is 5.26 Å². The molecule has 1 aromatic carbocycles. The Morgan fingerprint density at radius 3 is 2.81 bits per heavy atom. The van der Waals surface area contributed by atoms with Gasteiger partial charge in [0.2, 0.25) is 10.0 Å². The minimum absolute atomic E-state index is 0.00561. The van der Waals surface area contributed by atoms with Gasteiger partial charge in [0.25, 0.3) is 0 Å². The summed E-state index contributed by atoms with van der Waals surface area (Å²) in [5.74, 6) is -0.411. The van der Waals surface area contributed by atoms with E-state index in [1.165, 1.54) is 22.8 Å². The number of aromatic nitrogens is 4. The molecule has 1 saturated heterocycles. The highest BCUT2D eigenvalue weighted by Gasteiger charge is 2.49. The lowest BCUT2D eigenvalue weighted by molar-refractivity contribution is 0.0893. The number of nitriles is 1. The first-order chi connectivity index (χ1) is 14.9. The summed E-state index contributed by atoms with van der Waals surface area (Å²) in [6.45, 7) is 1.93. The molecule has 10 heteroatoms. The Morgan fingerprint density at radius 2 is 2.06 bits per heavy atom. The number of nitrogens with one attached hydrogen (secondary N) is 1. The molecular weight excluding hydrogens is 419 g/mol. The standard InChI is InChI=1S/C21H19FN6O2S/c1-2-31(29,30)27-11-21(12-27,6-7-23)28-10-17(15-4-3-14(22)9-18(15)28)19-16-5-8-24-20(16)26-13-25-19/h3-5,8-10,13H,2,6,11-12H2,1H3,(H,24,25,26). The highest BCUT2D eigenvalue weighted by Crippen LogP contribution is 2.41. The van der Waals surface area contributed by atoms with Crippen molar-refractivity contribution in [3.8, 4) is 17.3 Å². The van der Waals surface area contributed by atoms with Crippen LogP contribution in [0.25, 0.3) is 33.2 Å². The number of hydrogen-bond acceptors (Lipinski definition) is 5. The zero-order valence-electron chi connectivity index (χ0n) is 16.7. The molecule has 1 N–H and O–H groups in total. The second-order valence-electron chi connectivity index (χ2n) is 7.76. The van der Waals surface area contributed by atoms with Gasteiger partial charge in [-0.05, 0) is 31.2 Å². The molecule has 1 aliphatic rings. The van der Waals surface area contributed by atoms with E-state index in [0.717, 1.165) is 16.3 Å². The lowest BCUT2D eigenvalue weighted by Gasteiger charge is -2.49. The first-order valence-corrected chi connectivity index (χ1v) is 11.4. The predicted octanol–water partition coefficient (Wildman–Crippen LogP) is 2.99. The fourth-order valence-corrected chi connectivity index (χ4v) is 5.59. The summed E-state index contributed by atoms with van der Waals surface area (Å²) in [6, 6.07) is 8.56. The van der Waals surface area contributed by atoms with E-state index in [-0.39, 0.29) is 25.3 Å². The zero-order valence-corrected chi connectivity index (χ0v) is 17.5. The predicted molar refractivity (Wildman–Crippen MR) is 114 cm³/mol. The van der Waals surface area contributed by atoms with Crippen LogP contribution in [-0.4, -0.2) is 51.1 Å². The van der Waals surface area contributed by atoms with Crippen molar-refractivity contribution in [3.05, 3.63) is 48.8 Å². The van der Waals surface area contributed by atoms with Crippen LogP contribution in [0.1, 0.15) is 13.3 Å². The lowest BCUT2D eigenvalue weighted by atomic mass is 9.88.